The Morgan fingerprint density at radius 1 is 0.553 bits per heavy atom. The molecule has 0 radical (unpaired) electrons. The van der Waals surface area contributed by atoms with E-state index in [1.807, 2.05) is 0 Å². The van der Waals surface area contributed by atoms with E-state index in [9.17, 15) is 69.6 Å². The zero-order valence-electron chi connectivity index (χ0n) is 17.3. The van der Waals surface area contributed by atoms with Crippen LogP contribution in [0.4, 0.5) is 39.5 Å². The molecular weight excluding hydrogens is 619 g/mol. The summed E-state index contributed by atoms with van der Waals surface area (Å²) in [7, 11) is -21.0. The van der Waals surface area contributed by atoms with Gasteiger partial charge in [0.2, 0.25) is 11.5 Å². The summed E-state index contributed by atoms with van der Waals surface area (Å²) in [6.07, 6.45) is 0. The second kappa shape index (κ2) is 9.80. The fraction of sp³-hybridized carbons (Fsp3) is 0.188. The SMILES string of the molecule is O=C(c1ccccc1)c1ccc(OS(=O)(=O)C(F)(F)F)c(OS(=O)(=O)C(F)(F)F)c1OS(=O)(=O)C(F)(F)F. The number of alkyl halides is 9. The molecule has 0 aromatic heterocycles. The van der Waals surface area contributed by atoms with E-state index in [-0.39, 0.29) is 12.1 Å². The highest BCUT2D eigenvalue weighted by atomic mass is 32.2. The average molecular weight is 626 g/mol. The molecule has 0 bridgehead atoms. The van der Waals surface area contributed by atoms with Gasteiger partial charge in [-0.25, -0.2) is 0 Å². The van der Waals surface area contributed by atoms with Gasteiger partial charge in [0, 0.05) is 5.56 Å². The van der Waals surface area contributed by atoms with Gasteiger partial charge in [-0.3, -0.25) is 4.79 Å². The largest absolute Gasteiger partial charge is 0.534 e. The molecule has 0 aliphatic carbocycles. The number of ketones is 1. The maximum absolute atomic E-state index is 12.9. The number of rotatable bonds is 8. The molecule has 22 heteroatoms. The van der Waals surface area contributed by atoms with E-state index in [0.717, 1.165) is 24.3 Å². The van der Waals surface area contributed by atoms with Crippen molar-refractivity contribution in [2.75, 3.05) is 0 Å². The van der Waals surface area contributed by atoms with Gasteiger partial charge in [0.05, 0.1) is 5.56 Å². The fourth-order valence-electron chi connectivity index (χ4n) is 2.18. The highest BCUT2D eigenvalue weighted by Gasteiger charge is 2.53. The second-order valence-corrected chi connectivity index (χ2v) is 11.0. The van der Waals surface area contributed by atoms with Crippen LogP contribution in [0.25, 0.3) is 0 Å². The van der Waals surface area contributed by atoms with E-state index in [1.54, 1.807) is 0 Å². The molecule has 0 aliphatic rings. The predicted octanol–water partition coefficient (Wildman–Crippen LogP) is 3.60. The van der Waals surface area contributed by atoms with E-state index < -0.39 is 81.0 Å². The lowest BCUT2D eigenvalue weighted by Gasteiger charge is -2.19. The molecule has 0 amide bonds. The Labute approximate surface area is 205 Å². The van der Waals surface area contributed by atoms with E-state index in [4.69, 9.17) is 0 Å². The molecule has 2 aromatic rings. The van der Waals surface area contributed by atoms with Crippen LogP contribution in [-0.2, 0) is 30.4 Å². The van der Waals surface area contributed by atoms with Gasteiger partial charge < -0.3 is 12.5 Å². The minimum absolute atomic E-state index is 0.0743. The molecule has 0 saturated heterocycles. The van der Waals surface area contributed by atoms with Crippen molar-refractivity contribution in [3.63, 3.8) is 0 Å². The van der Waals surface area contributed by atoms with E-state index in [1.165, 1.54) is 6.07 Å². The van der Waals surface area contributed by atoms with Gasteiger partial charge in [0.25, 0.3) is 0 Å². The van der Waals surface area contributed by atoms with Crippen LogP contribution in [0.1, 0.15) is 15.9 Å². The van der Waals surface area contributed by atoms with Crippen LogP contribution in [0.3, 0.4) is 0 Å². The minimum atomic E-state index is -7.11. The van der Waals surface area contributed by atoms with E-state index in [0.29, 0.717) is 0 Å². The highest BCUT2D eigenvalue weighted by molar-refractivity contribution is 7.88. The van der Waals surface area contributed by atoms with Crippen molar-refractivity contribution in [3.8, 4) is 17.2 Å². The summed E-state index contributed by atoms with van der Waals surface area (Å²) in [6.45, 7) is 0. The van der Waals surface area contributed by atoms with Gasteiger partial charge in [-0.15, -0.1) is 0 Å². The zero-order valence-corrected chi connectivity index (χ0v) is 19.7. The number of carbonyl (C=O) groups is 1. The number of carbonyl (C=O) groups excluding carboxylic acids is 1. The molecule has 2 rings (SSSR count). The summed E-state index contributed by atoms with van der Waals surface area (Å²) in [5.41, 5.74) is -21.3. The molecule has 0 atom stereocenters. The van der Waals surface area contributed by atoms with Crippen molar-refractivity contribution in [3.05, 3.63) is 53.6 Å². The molecule has 212 valence electrons. The first-order valence-corrected chi connectivity index (χ1v) is 12.9. The van der Waals surface area contributed by atoms with Gasteiger partial charge >= 0.3 is 46.9 Å². The summed E-state index contributed by atoms with van der Waals surface area (Å²) < 4.78 is 195. The van der Waals surface area contributed by atoms with Crippen molar-refractivity contribution in [1.29, 1.82) is 0 Å². The molecule has 0 heterocycles. The van der Waals surface area contributed by atoms with E-state index in [2.05, 4.69) is 12.5 Å². The molecular formula is C16H7F9O10S3. The smallest absolute Gasteiger partial charge is 0.372 e. The van der Waals surface area contributed by atoms with Crippen molar-refractivity contribution in [2.24, 2.45) is 0 Å². The molecule has 2 aromatic carbocycles. The predicted molar refractivity (Wildman–Crippen MR) is 103 cm³/mol. The summed E-state index contributed by atoms with van der Waals surface area (Å²) in [4.78, 5) is 12.8. The van der Waals surface area contributed by atoms with Crippen molar-refractivity contribution in [1.82, 2.24) is 0 Å². The number of hydrogen-bond acceptors (Lipinski definition) is 10. The third-order valence-electron chi connectivity index (χ3n) is 3.79. The molecule has 10 nitrogen and oxygen atoms in total. The lowest BCUT2D eigenvalue weighted by Crippen LogP contribution is -2.32. The molecule has 0 aliphatic heterocycles. The zero-order chi connectivity index (χ0) is 29.5. The van der Waals surface area contributed by atoms with Gasteiger partial charge in [-0.05, 0) is 12.1 Å². The molecule has 0 fully saturated rings. The van der Waals surface area contributed by atoms with Gasteiger partial charge in [0.1, 0.15) is 0 Å². The quantitative estimate of drug-likeness (QED) is 0.184. The Kier molecular flexibility index (Phi) is 7.98. The van der Waals surface area contributed by atoms with Crippen LogP contribution in [0.5, 0.6) is 17.2 Å². The van der Waals surface area contributed by atoms with Crippen LogP contribution in [0.15, 0.2) is 42.5 Å². The van der Waals surface area contributed by atoms with Crippen molar-refractivity contribution < 1.29 is 82.1 Å². The van der Waals surface area contributed by atoms with Gasteiger partial charge in [-0.2, -0.15) is 64.8 Å². The first-order valence-electron chi connectivity index (χ1n) is 8.70. The maximum atomic E-state index is 12.9. The first kappa shape index (κ1) is 31.0. The summed E-state index contributed by atoms with van der Waals surface area (Å²) in [5.74, 6) is -8.87. The Morgan fingerprint density at radius 3 is 1.37 bits per heavy atom. The minimum Gasteiger partial charge on any atom is -0.372 e. The third-order valence-corrected chi connectivity index (χ3v) is 6.66. The molecule has 0 N–H and O–H groups in total. The topological polar surface area (TPSA) is 147 Å². The van der Waals surface area contributed by atoms with Crippen molar-refractivity contribution in [2.45, 2.75) is 16.5 Å². The number of benzene rings is 2. The lowest BCUT2D eigenvalue weighted by molar-refractivity contribution is -0.0517. The molecule has 0 saturated carbocycles. The van der Waals surface area contributed by atoms with Crippen LogP contribution in [0, 0.1) is 0 Å². The Balaban J connectivity index is 3.01. The third kappa shape index (κ3) is 6.40. The Bertz CT molecular complexity index is 1540. The Hall–Kier alpha value is -3.27. The summed E-state index contributed by atoms with van der Waals surface area (Å²) in [6, 6.07) is 5.30. The van der Waals surface area contributed by atoms with Gasteiger partial charge in [0.15, 0.2) is 11.5 Å². The molecule has 0 unspecified atom stereocenters. The number of halogens is 9. The normalized spacial score (nSPS) is 13.6. The standard InChI is InChI=1S/C16H7F9O10S3/c17-14(18,19)36(27,28)33-10-7-6-9(11(26)8-4-2-1-3-5-8)12(34-37(29,30)15(20,21)22)13(10)35-38(31,32)16(23,24)25/h1-7H. The van der Waals surface area contributed by atoms with E-state index >= 15 is 0 Å². The summed E-state index contributed by atoms with van der Waals surface area (Å²) >= 11 is 0. The molecule has 0 spiro atoms. The Morgan fingerprint density at radius 2 is 0.947 bits per heavy atom. The monoisotopic (exact) mass is 626 g/mol. The first-order chi connectivity index (χ1) is 16.9. The van der Waals surface area contributed by atoms with Crippen LogP contribution >= 0.6 is 0 Å². The lowest BCUT2D eigenvalue weighted by atomic mass is 10.0. The fourth-order valence-corrected chi connectivity index (χ4v) is 3.59. The van der Waals surface area contributed by atoms with Crippen LogP contribution in [-0.4, -0.2) is 47.6 Å². The van der Waals surface area contributed by atoms with Crippen LogP contribution in [0.2, 0.25) is 0 Å². The van der Waals surface area contributed by atoms with Crippen molar-refractivity contribution >= 4 is 36.1 Å². The second-order valence-electron chi connectivity index (χ2n) is 6.41. The summed E-state index contributed by atoms with van der Waals surface area (Å²) in [5, 5.41) is 0. The van der Waals surface area contributed by atoms with Gasteiger partial charge in [-0.1, -0.05) is 30.3 Å². The van der Waals surface area contributed by atoms with Crippen LogP contribution < -0.4 is 12.5 Å². The molecule has 38 heavy (non-hydrogen) atoms. The number of hydrogen-bond donors (Lipinski definition) is 0. The average Bonchev–Trinajstić information content (AvgIpc) is 2.73. The maximum Gasteiger partial charge on any atom is 0.534 e. The highest BCUT2D eigenvalue weighted by Crippen LogP contribution is 2.46.